The SMILES string of the molecule is CCOC(=O)c1c(C(=O)Cc2cc3c(cc2C(C)NCCc2ccccc2)OCO3)ccc(OC)c1OC. The second-order valence-electron chi connectivity index (χ2n) is 8.86. The zero-order valence-electron chi connectivity index (χ0n) is 22.2. The maximum absolute atomic E-state index is 13.7. The summed E-state index contributed by atoms with van der Waals surface area (Å²) in [4.78, 5) is 26.6. The minimum absolute atomic E-state index is 0.0402. The molecule has 0 saturated carbocycles. The number of methoxy groups -OCH3 is 2. The normalized spacial score (nSPS) is 12.6. The number of benzene rings is 3. The Balaban J connectivity index is 1.63. The summed E-state index contributed by atoms with van der Waals surface area (Å²) in [5, 5.41) is 3.55. The molecule has 1 N–H and O–H groups in total. The molecular formula is C30H33NO7. The average molecular weight is 520 g/mol. The van der Waals surface area contributed by atoms with E-state index >= 15 is 0 Å². The molecule has 1 unspecified atom stereocenters. The molecule has 0 saturated heterocycles. The number of fused-ring (bicyclic) bond motifs is 1. The van der Waals surface area contributed by atoms with Crippen molar-refractivity contribution >= 4 is 11.8 Å². The van der Waals surface area contributed by atoms with Gasteiger partial charge < -0.3 is 29.0 Å². The van der Waals surface area contributed by atoms with Crippen molar-refractivity contribution in [1.29, 1.82) is 0 Å². The van der Waals surface area contributed by atoms with Crippen molar-refractivity contribution in [3.05, 3.63) is 82.4 Å². The van der Waals surface area contributed by atoms with Crippen molar-refractivity contribution in [1.82, 2.24) is 5.32 Å². The Kier molecular flexibility index (Phi) is 8.86. The largest absolute Gasteiger partial charge is 0.493 e. The van der Waals surface area contributed by atoms with E-state index in [0.717, 1.165) is 24.1 Å². The standard InChI is InChI=1S/C30H33NO7/c1-5-36-30(33)28-22(11-12-25(34-3)29(28)35-4)24(32)15-21-16-26-27(38-18-37-26)17-23(21)19(2)31-14-13-20-9-7-6-8-10-20/h6-12,16-17,19,31H,5,13-15,18H2,1-4H3. The van der Waals surface area contributed by atoms with Crippen molar-refractivity contribution in [2.45, 2.75) is 32.7 Å². The number of Topliss-reactive ketones (excluding diaryl/α,β-unsaturated/α-hetero) is 1. The summed E-state index contributed by atoms with van der Waals surface area (Å²) in [6, 6.07) is 17.1. The molecule has 3 aromatic rings. The summed E-state index contributed by atoms with van der Waals surface area (Å²) in [5.74, 6) is 0.835. The minimum atomic E-state index is -0.645. The first-order valence-corrected chi connectivity index (χ1v) is 12.6. The molecule has 1 aliphatic rings. The van der Waals surface area contributed by atoms with Gasteiger partial charge >= 0.3 is 5.97 Å². The van der Waals surface area contributed by atoms with Gasteiger partial charge in [-0.1, -0.05) is 30.3 Å². The fraction of sp³-hybridized carbons (Fsp3) is 0.333. The zero-order chi connectivity index (χ0) is 27.1. The summed E-state index contributed by atoms with van der Waals surface area (Å²) < 4.78 is 27.3. The smallest absolute Gasteiger partial charge is 0.342 e. The van der Waals surface area contributed by atoms with Gasteiger partial charge in [-0.2, -0.15) is 0 Å². The average Bonchev–Trinajstić information content (AvgIpc) is 3.39. The third-order valence-corrected chi connectivity index (χ3v) is 6.48. The van der Waals surface area contributed by atoms with Gasteiger partial charge in [-0.15, -0.1) is 0 Å². The number of carbonyl (C=O) groups is 2. The third-order valence-electron chi connectivity index (χ3n) is 6.48. The van der Waals surface area contributed by atoms with Crippen LogP contribution in [0.4, 0.5) is 0 Å². The summed E-state index contributed by atoms with van der Waals surface area (Å²) in [6.45, 7) is 4.81. The van der Waals surface area contributed by atoms with E-state index in [4.69, 9.17) is 23.7 Å². The van der Waals surface area contributed by atoms with Crippen LogP contribution in [0.15, 0.2) is 54.6 Å². The van der Waals surface area contributed by atoms with E-state index < -0.39 is 5.97 Å². The van der Waals surface area contributed by atoms with Crippen LogP contribution in [0.2, 0.25) is 0 Å². The van der Waals surface area contributed by atoms with Gasteiger partial charge in [-0.25, -0.2) is 4.79 Å². The number of nitrogens with one attached hydrogen (secondary N) is 1. The number of ether oxygens (including phenoxy) is 5. The monoisotopic (exact) mass is 519 g/mol. The molecule has 1 aliphatic heterocycles. The van der Waals surface area contributed by atoms with Gasteiger partial charge in [0.1, 0.15) is 5.56 Å². The van der Waals surface area contributed by atoms with Crippen LogP contribution in [0.3, 0.4) is 0 Å². The minimum Gasteiger partial charge on any atom is -0.493 e. The molecule has 3 aromatic carbocycles. The van der Waals surface area contributed by atoms with E-state index in [-0.39, 0.29) is 48.5 Å². The molecule has 8 heteroatoms. The molecular weight excluding hydrogens is 486 g/mol. The fourth-order valence-corrected chi connectivity index (χ4v) is 4.58. The van der Waals surface area contributed by atoms with Crippen LogP contribution >= 0.6 is 0 Å². The van der Waals surface area contributed by atoms with E-state index in [1.54, 1.807) is 19.1 Å². The van der Waals surface area contributed by atoms with Crippen molar-refractivity contribution in [3.63, 3.8) is 0 Å². The first-order chi connectivity index (χ1) is 18.5. The fourth-order valence-electron chi connectivity index (χ4n) is 4.58. The highest BCUT2D eigenvalue weighted by Gasteiger charge is 2.28. The highest BCUT2D eigenvalue weighted by atomic mass is 16.7. The summed E-state index contributed by atoms with van der Waals surface area (Å²) >= 11 is 0. The van der Waals surface area contributed by atoms with Crippen LogP contribution in [0.5, 0.6) is 23.0 Å². The number of ketones is 1. The van der Waals surface area contributed by atoms with Gasteiger partial charge in [0.15, 0.2) is 28.8 Å². The predicted octanol–water partition coefficient (Wildman–Crippen LogP) is 4.93. The molecule has 38 heavy (non-hydrogen) atoms. The molecule has 8 nitrogen and oxygen atoms in total. The molecule has 0 amide bonds. The van der Waals surface area contributed by atoms with E-state index in [0.29, 0.717) is 17.2 Å². The second kappa shape index (κ2) is 12.5. The van der Waals surface area contributed by atoms with Gasteiger partial charge in [-0.3, -0.25) is 4.79 Å². The van der Waals surface area contributed by atoms with Crippen molar-refractivity contribution in [2.75, 3.05) is 34.2 Å². The number of carbonyl (C=O) groups excluding carboxylic acids is 2. The molecule has 1 heterocycles. The maximum Gasteiger partial charge on any atom is 0.342 e. The first kappa shape index (κ1) is 27.0. The number of esters is 1. The van der Waals surface area contributed by atoms with Crippen LogP contribution < -0.4 is 24.3 Å². The Morgan fingerprint density at radius 2 is 1.74 bits per heavy atom. The van der Waals surface area contributed by atoms with Crippen LogP contribution in [-0.2, 0) is 17.6 Å². The Hall–Kier alpha value is -4.04. The molecule has 200 valence electrons. The molecule has 0 fully saturated rings. The van der Waals surface area contributed by atoms with Gasteiger partial charge in [0, 0.05) is 18.0 Å². The number of hydrogen-bond acceptors (Lipinski definition) is 8. The molecule has 1 atom stereocenters. The Morgan fingerprint density at radius 1 is 1.00 bits per heavy atom. The van der Waals surface area contributed by atoms with Crippen molar-refractivity contribution in [2.24, 2.45) is 0 Å². The van der Waals surface area contributed by atoms with Gasteiger partial charge in [0.2, 0.25) is 6.79 Å². The molecule has 0 aliphatic carbocycles. The zero-order valence-corrected chi connectivity index (χ0v) is 22.2. The lowest BCUT2D eigenvalue weighted by molar-refractivity contribution is 0.0518. The van der Waals surface area contributed by atoms with Crippen molar-refractivity contribution in [3.8, 4) is 23.0 Å². The highest BCUT2D eigenvalue weighted by molar-refractivity contribution is 6.09. The molecule has 0 radical (unpaired) electrons. The Morgan fingerprint density at radius 3 is 2.42 bits per heavy atom. The van der Waals surface area contributed by atoms with Crippen LogP contribution in [-0.4, -0.2) is 45.9 Å². The molecule has 0 aromatic heterocycles. The van der Waals surface area contributed by atoms with Gasteiger partial charge in [0.25, 0.3) is 0 Å². The van der Waals surface area contributed by atoms with Gasteiger partial charge in [0.05, 0.1) is 20.8 Å². The number of rotatable bonds is 12. The van der Waals surface area contributed by atoms with E-state index in [1.165, 1.54) is 19.8 Å². The Bertz CT molecular complexity index is 1290. The molecule has 4 rings (SSSR count). The summed E-state index contributed by atoms with van der Waals surface area (Å²) in [5.41, 5.74) is 3.20. The maximum atomic E-state index is 13.7. The van der Waals surface area contributed by atoms with Crippen molar-refractivity contribution < 1.29 is 33.3 Å². The van der Waals surface area contributed by atoms with E-state index in [1.807, 2.05) is 30.3 Å². The summed E-state index contributed by atoms with van der Waals surface area (Å²) in [6.07, 6.45) is 0.914. The third kappa shape index (κ3) is 5.92. The lowest BCUT2D eigenvalue weighted by Gasteiger charge is -2.20. The number of hydrogen-bond donors (Lipinski definition) is 1. The second-order valence-corrected chi connectivity index (χ2v) is 8.86. The topological polar surface area (TPSA) is 92.3 Å². The first-order valence-electron chi connectivity index (χ1n) is 12.6. The lowest BCUT2D eigenvalue weighted by Crippen LogP contribution is -2.23. The lowest BCUT2D eigenvalue weighted by atomic mass is 9.92. The molecule has 0 bridgehead atoms. The van der Waals surface area contributed by atoms with E-state index in [9.17, 15) is 9.59 Å². The highest BCUT2D eigenvalue weighted by Crippen LogP contribution is 2.38. The van der Waals surface area contributed by atoms with Crippen LogP contribution in [0, 0.1) is 0 Å². The quantitative estimate of drug-likeness (QED) is 0.266. The summed E-state index contributed by atoms with van der Waals surface area (Å²) in [7, 11) is 2.90. The van der Waals surface area contributed by atoms with Crippen LogP contribution in [0.1, 0.15) is 57.3 Å². The van der Waals surface area contributed by atoms with E-state index in [2.05, 4.69) is 24.4 Å². The predicted molar refractivity (Wildman–Crippen MR) is 143 cm³/mol. The van der Waals surface area contributed by atoms with Crippen LogP contribution in [0.25, 0.3) is 0 Å². The van der Waals surface area contributed by atoms with Gasteiger partial charge in [-0.05, 0) is 67.8 Å². The Labute approximate surface area is 222 Å². The molecule has 0 spiro atoms.